The summed E-state index contributed by atoms with van der Waals surface area (Å²) >= 11 is 0. The molecule has 1 aromatic rings. The van der Waals surface area contributed by atoms with Crippen LogP contribution in [0.5, 0.6) is 0 Å². The van der Waals surface area contributed by atoms with Crippen LogP contribution in [-0.4, -0.2) is 23.9 Å². The summed E-state index contributed by atoms with van der Waals surface area (Å²) in [7, 11) is 0. The third-order valence-electron chi connectivity index (χ3n) is 3.37. The summed E-state index contributed by atoms with van der Waals surface area (Å²) in [6, 6.07) is 2.07. The number of nitrogens with zero attached hydrogens (tertiary/aromatic N) is 2. The third-order valence-corrected chi connectivity index (χ3v) is 3.37. The Kier molecular flexibility index (Phi) is 5.57. The molecule has 4 nitrogen and oxygen atoms in total. The van der Waals surface area contributed by atoms with Gasteiger partial charge in [-0.1, -0.05) is 20.3 Å². The first-order valence-electron chi connectivity index (χ1n) is 6.88. The molecule has 0 fully saturated rings. The van der Waals surface area contributed by atoms with E-state index in [1.54, 1.807) is 4.90 Å². The Labute approximate surface area is 122 Å². The number of amidine groups is 1. The van der Waals surface area contributed by atoms with Crippen molar-refractivity contribution in [3.05, 3.63) is 23.4 Å². The molecule has 0 spiro atoms. The summed E-state index contributed by atoms with van der Waals surface area (Å²) < 4.78 is 38.5. The summed E-state index contributed by atoms with van der Waals surface area (Å²) in [6.07, 6.45) is -3.61. The predicted molar refractivity (Wildman–Crippen MR) is 77.6 cm³/mol. The number of halogens is 3. The van der Waals surface area contributed by atoms with Crippen molar-refractivity contribution in [1.29, 1.82) is 5.41 Å². The monoisotopic (exact) mass is 302 g/mol. The number of pyridine rings is 1. The maximum Gasteiger partial charge on any atom is 0.433 e. The van der Waals surface area contributed by atoms with Gasteiger partial charge in [0.25, 0.3) is 0 Å². The van der Waals surface area contributed by atoms with E-state index in [0.717, 1.165) is 12.5 Å². The van der Waals surface area contributed by atoms with Gasteiger partial charge in [0.05, 0.1) is 5.56 Å². The van der Waals surface area contributed by atoms with Crippen molar-refractivity contribution in [1.82, 2.24) is 4.98 Å². The van der Waals surface area contributed by atoms with Crippen LogP contribution in [0.2, 0.25) is 0 Å². The number of rotatable bonds is 6. The molecular formula is C14H21F3N4. The van der Waals surface area contributed by atoms with Crippen LogP contribution in [0.3, 0.4) is 0 Å². The van der Waals surface area contributed by atoms with Gasteiger partial charge in [-0.05, 0) is 25.0 Å². The molecule has 0 saturated carbocycles. The minimum atomic E-state index is -4.51. The molecule has 0 aliphatic carbocycles. The first-order valence-corrected chi connectivity index (χ1v) is 6.88. The maximum absolute atomic E-state index is 12.8. The molecule has 1 unspecified atom stereocenters. The lowest BCUT2D eigenvalue weighted by molar-refractivity contribution is -0.141. The first kappa shape index (κ1) is 17.3. The van der Waals surface area contributed by atoms with Gasteiger partial charge in [0, 0.05) is 13.1 Å². The van der Waals surface area contributed by atoms with Gasteiger partial charge >= 0.3 is 6.18 Å². The second-order valence-electron chi connectivity index (χ2n) is 5.03. The van der Waals surface area contributed by atoms with Crippen LogP contribution in [0, 0.1) is 11.3 Å². The van der Waals surface area contributed by atoms with Crippen molar-refractivity contribution < 1.29 is 13.2 Å². The van der Waals surface area contributed by atoms with E-state index in [9.17, 15) is 13.2 Å². The Morgan fingerprint density at radius 1 is 1.38 bits per heavy atom. The lowest BCUT2D eigenvalue weighted by Gasteiger charge is -2.27. The number of alkyl halides is 3. The molecule has 21 heavy (non-hydrogen) atoms. The molecule has 118 valence electrons. The summed E-state index contributed by atoms with van der Waals surface area (Å²) in [5.74, 6) is 0.148. The van der Waals surface area contributed by atoms with Crippen LogP contribution >= 0.6 is 0 Å². The van der Waals surface area contributed by atoms with Crippen LogP contribution in [0.1, 0.15) is 38.4 Å². The van der Waals surface area contributed by atoms with E-state index in [2.05, 4.69) is 4.98 Å². The Hall–Kier alpha value is -1.79. The fraction of sp³-hybridized carbons (Fsp3) is 0.571. The van der Waals surface area contributed by atoms with Crippen molar-refractivity contribution in [3.8, 4) is 0 Å². The smallest absolute Gasteiger partial charge is 0.384 e. The van der Waals surface area contributed by atoms with Gasteiger partial charge in [0.2, 0.25) is 0 Å². The van der Waals surface area contributed by atoms with E-state index in [1.807, 2.05) is 20.8 Å². The topological polar surface area (TPSA) is 66.0 Å². The van der Waals surface area contributed by atoms with Gasteiger partial charge in [-0.2, -0.15) is 13.2 Å². The maximum atomic E-state index is 12.8. The molecule has 0 bridgehead atoms. The molecule has 0 aliphatic rings. The highest BCUT2D eigenvalue weighted by Gasteiger charge is 2.33. The number of hydrogen-bond acceptors (Lipinski definition) is 3. The fourth-order valence-electron chi connectivity index (χ4n) is 1.93. The zero-order valence-electron chi connectivity index (χ0n) is 12.5. The summed E-state index contributed by atoms with van der Waals surface area (Å²) in [5.41, 5.74) is 4.73. The van der Waals surface area contributed by atoms with Gasteiger partial charge < -0.3 is 10.6 Å². The van der Waals surface area contributed by atoms with Crippen LogP contribution in [0.15, 0.2) is 12.1 Å². The lowest BCUT2D eigenvalue weighted by atomic mass is 10.1. The Bertz CT molecular complexity index is 499. The number of nitrogens with one attached hydrogen (secondary N) is 1. The van der Waals surface area contributed by atoms with E-state index < -0.39 is 11.9 Å². The molecule has 3 N–H and O–H groups in total. The first-order chi connectivity index (χ1) is 9.70. The lowest BCUT2D eigenvalue weighted by Crippen LogP contribution is -2.32. The zero-order chi connectivity index (χ0) is 16.2. The number of nitrogen functional groups attached to an aromatic ring is 1. The molecule has 1 aromatic heterocycles. The van der Waals surface area contributed by atoms with Crippen molar-refractivity contribution in [2.24, 2.45) is 11.7 Å². The van der Waals surface area contributed by atoms with Crippen LogP contribution in [0.25, 0.3) is 0 Å². The standard InChI is InChI=1S/C14H21F3N4/c1-4-9(3)8-21(5-2)13-10(12(18)19)6-7-11(20-13)14(15,16)17/h6-7,9H,4-5,8H2,1-3H3,(H3,18,19). The molecule has 0 amide bonds. The Balaban J connectivity index is 3.30. The van der Waals surface area contributed by atoms with Crippen molar-refractivity contribution >= 4 is 11.7 Å². The third kappa shape index (κ3) is 4.34. The van der Waals surface area contributed by atoms with Gasteiger partial charge in [-0.25, -0.2) is 4.98 Å². The van der Waals surface area contributed by atoms with Gasteiger partial charge in [0.15, 0.2) is 0 Å². The highest BCUT2D eigenvalue weighted by molar-refractivity contribution is 5.99. The van der Waals surface area contributed by atoms with Gasteiger partial charge in [-0.3, -0.25) is 5.41 Å². The highest BCUT2D eigenvalue weighted by atomic mass is 19.4. The van der Waals surface area contributed by atoms with Gasteiger partial charge in [0.1, 0.15) is 17.3 Å². The van der Waals surface area contributed by atoms with Crippen LogP contribution < -0.4 is 10.6 Å². The molecule has 0 aromatic carbocycles. The van der Waals surface area contributed by atoms with Crippen molar-refractivity contribution in [3.63, 3.8) is 0 Å². The number of hydrogen-bond donors (Lipinski definition) is 2. The molecular weight excluding hydrogens is 281 g/mol. The summed E-state index contributed by atoms with van der Waals surface area (Å²) in [6.45, 7) is 6.95. The second-order valence-corrected chi connectivity index (χ2v) is 5.03. The average molecular weight is 302 g/mol. The van der Waals surface area contributed by atoms with Crippen LogP contribution in [0.4, 0.5) is 19.0 Å². The summed E-state index contributed by atoms with van der Waals surface area (Å²) in [5, 5.41) is 7.53. The molecule has 7 heteroatoms. The fourth-order valence-corrected chi connectivity index (χ4v) is 1.93. The number of aromatic nitrogens is 1. The minimum absolute atomic E-state index is 0.125. The number of nitrogens with two attached hydrogens (primary N) is 1. The quantitative estimate of drug-likeness (QED) is 0.626. The zero-order valence-corrected chi connectivity index (χ0v) is 12.5. The number of anilines is 1. The van der Waals surface area contributed by atoms with E-state index in [4.69, 9.17) is 11.1 Å². The van der Waals surface area contributed by atoms with Crippen molar-refractivity contribution in [2.75, 3.05) is 18.0 Å². The van der Waals surface area contributed by atoms with Crippen LogP contribution in [-0.2, 0) is 6.18 Å². The highest BCUT2D eigenvalue weighted by Crippen LogP contribution is 2.30. The molecule has 1 heterocycles. The second kappa shape index (κ2) is 6.78. The Morgan fingerprint density at radius 3 is 2.43 bits per heavy atom. The van der Waals surface area contributed by atoms with Gasteiger partial charge in [-0.15, -0.1) is 0 Å². The van der Waals surface area contributed by atoms with E-state index >= 15 is 0 Å². The van der Waals surface area contributed by atoms with Crippen molar-refractivity contribution in [2.45, 2.75) is 33.4 Å². The normalized spacial score (nSPS) is 13.0. The van der Waals surface area contributed by atoms with E-state index in [-0.39, 0.29) is 17.2 Å². The molecule has 1 rings (SSSR count). The van der Waals surface area contributed by atoms with E-state index in [1.165, 1.54) is 6.07 Å². The largest absolute Gasteiger partial charge is 0.433 e. The van der Waals surface area contributed by atoms with E-state index in [0.29, 0.717) is 19.0 Å². The average Bonchev–Trinajstić information content (AvgIpc) is 2.42. The Morgan fingerprint density at radius 2 is 2.00 bits per heavy atom. The summed E-state index contributed by atoms with van der Waals surface area (Å²) in [4.78, 5) is 5.44. The minimum Gasteiger partial charge on any atom is -0.384 e. The predicted octanol–water partition coefficient (Wildman–Crippen LogP) is 3.26. The SMILES string of the molecule is CCC(C)CN(CC)c1nc(C(F)(F)F)ccc1C(=N)N. The molecule has 0 radical (unpaired) electrons. The molecule has 0 aliphatic heterocycles. The molecule has 0 saturated heterocycles. The molecule has 1 atom stereocenters.